The monoisotopic (exact) mass is 369 g/mol. The number of ketones is 1. The number of aromatic nitrogens is 1. The van der Waals surface area contributed by atoms with Gasteiger partial charge in [0.1, 0.15) is 0 Å². The van der Waals surface area contributed by atoms with Crippen LogP contribution in [0.5, 0.6) is 0 Å². The van der Waals surface area contributed by atoms with Crippen molar-refractivity contribution in [2.24, 2.45) is 0 Å². The maximum absolute atomic E-state index is 12.1. The zero-order valence-electron chi connectivity index (χ0n) is 9.27. The first kappa shape index (κ1) is 13.2. The number of carbonyl (C=O) groups excluding carboxylic acids is 1. The van der Waals surface area contributed by atoms with Crippen molar-refractivity contribution in [3.05, 3.63) is 67.5 Å². The van der Waals surface area contributed by atoms with E-state index in [-0.39, 0.29) is 17.9 Å². The van der Waals surface area contributed by atoms with Crippen LogP contribution in [0.4, 0.5) is 0 Å². The van der Waals surface area contributed by atoms with Gasteiger partial charge in [-0.05, 0) is 28.1 Å². The minimum absolute atomic E-state index is 0.0287. The minimum Gasteiger partial charge on any atom is -0.307 e. The number of benzene rings is 1. The summed E-state index contributed by atoms with van der Waals surface area (Å²) in [6.45, 7) is 0.0287. The van der Waals surface area contributed by atoms with E-state index in [4.69, 9.17) is 0 Å². The summed E-state index contributed by atoms with van der Waals surface area (Å²) in [4.78, 5) is 23.7. The van der Waals surface area contributed by atoms with Crippen LogP contribution in [0.15, 0.2) is 56.3 Å². The summed E-state index contributed by atoms with van der Waals surface area (Å²) in [6.07, 6.45) is 1.61. The molecule has 5 heteroatoms. The van der Waals surface area contributed by atoms with E-state index in [2.05, 4.69) is 31.9 Å². The van der Waals surface area contributed by atoms with E-state index in [1.54, 1.807) is 30.5 Å². The molecular formula is C13H9Br2NO2. The van der Waals surface area contributed by atoms with Crippen LogP contribution in [0.25, 0.3) is 0 Å². The molecule has 0 radical (unpaired) electrons. The molecule has 0 amide bonds. The van der Waals surface area contributed by atoms with E-state index in [1.807, 2.05) is 6.07 Å². The normalized spacial score (nSPS) is 10.3. The summed E-state index contributed by atoms with van der Waals surface area (Å²) >= 11 is 6.60. The summed E-state index contributed by atoms with van der Waals surface area (Å²) in [5.74, 6) is -0.109. The Bertz CT molecular complexity index is 649. The molecule has 2 aromatic rings. The average molecular weight is 371 g/mol. The molecule has 0 N–H and O–H groups in total. The summed E-state index contributed by atoms with van der Waals surface area (Å²) in [7, 11) is 0. The van der Waals surface area contributed by atoms with Gasteiger partial charge in [0.2, 0.25) is 0 Å². The third-order valence-electron chi connectivity index (χ3n) is 2.44. The minimum atomic E-state index is -0.196. The molecule has 92 valence electrons. The molecule has 0 saturated heterocycles. The van der Waals surface area contributed by atoms with Gasteiger partial charge in [-0.25, -0.2) is 0 Å². The zero-order valence-corrected chi connectivity index (χ0v) is 12.4. The first-order chi connectivity index (χ1) is 8.58. The molecule has 3 nitrogen and oxygen atoms in total. The van der Waals surface area contributed by atoms with Gasteiger partial charge in [0.15, 0.2) is 5.78 Å². The number of Topliss-reactive ketones (excluding diaryl/α,β-unsaturated/α-hetero) is 1. The van der Waals surface area contributed by atoms with Crippen LogP contribution in [0.1, 0.15) is 10.4 Å². The van der Waals surface area contributed by atoms with Crippen molar-refractivity contribution in [3.8, 4) is 0 Å². The Balaban J connectivity index is 2.30. The summed E-state index contributed by atoms with van der Waals surface area (Å²) < 4.78 is 2.88. The molecule has 1 aromatic heterocycles. The number of nitrogens with zero attached hydrogens (tertiary/aromatic N) is 1. The second-order valence-corrected chi connectivity index (χ2v) is 5.49. The summed E-state index contributed by atoms with van der Waals surface area (Å²) in [5.41, 5.74) is 0.378. The van der Waals surface area contributed by atoms with Crippen molar-refractivity contribution >= 4 is 37.6 Å². The molecular weight excluding hydrogens is 362 g/mol. The SMILES string of the molecule is O=C(Cn1cc(Br)ccc1=O)c1ccccc1Br. The van der Waals surface area contributed by atoms with Gasteiger partial charge in [-0.1, -0.05) is 34.1 Å². The maximum Gasteiger partial charge on any atom is 0.251 e. The van der Waals surface area contributed by atoms with Crippen LogP contribution in [-0.4, -0.2) is 10.4 Å². The zero-order chi connectivity index (χ0) is 13.1. The molecule has 0 aliphatic rings. The Morgan fingerprint density at radius 3 is 2.56 bits per heavy atom. The molecule has 2 rings (SSSR count). The van der Waals surface area contributed by atoms with E-state index in [1.165, 1.54) is 10.6 Å². The Hall–Kier alpha value is -1.20. The lowest BCUT2D eigenvalue weighted by atomic mass is 10.1. The van der Waals surface area contributed by atoms with E-state index in [0.717, 1.165) is 8.95 Å². The molecule has 0 saturated carbocycles. The largest absolute Gasteiger partial charge is 0.307 e. The molecule has 0 unspecified atom stereocenters. The number of hydrogen-bond acceptors (Lipinski definition) is 2. The third kappa shape index (κ3) is 2.97. The first-order valence-electron chi connectivity index (χ1n) is 5.21. The van der Waals surface area contributed by atoms with Gasteiger partial charge in [0, 0.05) is 26.8 Å². The van der Waals surface area contributed by atoms with Gasteiger partial charge in [-0.2, -0.15) is 0 Å². The van der Waals surface area contributed by atoms with Crippen molar-refractivity contribution < 1.29 is 4.79 Å². The van der Waals surface area contributed by atoms with Gasteiger partial charge in [0.25, 0.3) is 5.56 Å². The second-order valence-electron chi connectivity index (χ2n) is 3.72. The van der Waals surface area contributed by atoms with Crippen LogP contribution >= 0.6 is 31.9 Å². The molecule has 0 spiro atoms. The molecule has 0 aliphatic carbocycles. The van der Waals surface area contributed by atoms with Crippen molar-refractivity contribution in [2.45, 2.75) is 6.54 Å². The Kier molecular flexibility index (Phi) is 4.14. The quantitative estimate of drug-likeness (QED) is 0.778. The molecule has 0 fully saturated rings. The Morgan fingerprint density at radius 2 is 1.83 bits per heavy atom. The van der Waals surface area contributed by atoms with Crippen LogP contribution in [0, 0.1) is 0 Å². The molecule has 1 aromatic carbocycles. The summed E-state index contributed by atoms with van der Waals surface area (Å²) in [6, 6.07) is 10.2. The second kappa shape index (κ2) is 5.63. The predicted molar refractivity (Wildman–Crippen MR) is 76.9 cm³/mol. The van der Waals surface area contributed by atoms with Crippen LogP contribution in [0.2, 0.25) is 0 Å². The van der Waals surface area contributed by atoms with Crippen LogP contribution < -0.4 is 5.56 Å². The fourth-order valence-corrected chi connectivity index (χ4v) is 2.44. The van der Waals surface area contributed by atoms with Crippen molar-refractivity contribution in [1.82, 2.24) is 4.57 Å². The van der Waals surface area contributed by atoms with E-state index >= 15 is 0 Å². The highest BCUT2D eigenvalue weighted by Crippen LogP contribution is 2.17. The van der Waals surface area contributed by atoms with Gasteiger partial charge in [-0.3, -0.25) is 9.59 Å². The smallest absolute Gasteiger partial charge is 0.251 e. The third-order valence-corrected chi connectivity index (χ3v) is 3.60. The van der Waals surface area contributed by atoms with Crippen LogP contribution in [0.3, 0.4) is 0 Å². The number of hydrogen-bond donors (Lipinski definition) is 0. The summed E-state index contributed by atoms with van der Waals surface area (Å²) in [5, 5.41) is 0. The Labute approximate surface area is 121 Å². The number of pyridine rings is 1. The topological polar surface area (TPSA) is 39.1 Å². The fraction of sp³-hybridized carbons (Fsp3) is 0.0769. The van der Waals surface area contributed by atoms with Gasteiger partial charge in [0.05, 0.1) is 6.54 Å². The maximum atomic E-state index is 12.1. The molecule has 1 heterocycles. The molecule has 0 bridgehead atoms. The van der Waals surface area contributed by atoms with E-state index < -0.39 is 0 Å². The molecule has 18 heavy (non-hydrogen) atoms. The van der Waals surface area contributed by atoms with Gasteiger partial charge < -0.3 is 4.57 Å². The standard InChI is InChI=1S/C13H9Br2NO2/c14-9-5-6-13(18)16(7-9)8-12(17)10-3-1-2-4-11(10)15/h1-7H,8H2. The lowest BCUT2D eigenvalue weighted by Crippen LogP contribution is -2.23. The fourth-order valence-electron chi connectivity index (χ4n) is 1.55. The van der Waals surface area contributed by atoms with Gasteiger partial charge >= 0.3 is 0 Å². The first-order valence-corrected chi connectivity index (χ1v) is 6.80. The van der Waals surface area contributed by atoms with Crippen LogP contribution in [-0.2, 0) is 6.54 Å². The predicted octanol–water partition coefficient (Wildman–Crippen LogP) is 3.26. The lowest BCUT2D eigenvalue weighted by Gasteiger charge is -2.06. The van der Waals surface area contributed by atoms with Crippen molar-refractivity contribution in [3.63, 3.8) is 0 Å². The molecule has 0 aliphatic heterocycles. The number of carbonyl (C=O) groups is 1. The highest BCUT2D eigenvalue weighted by atomic mass is 79.9. The van der Waals surface area contributed by atoms with E-state index in [9.17, 15) is 9.59 Å². The van der Waals surface area contributed by atoms with Gasteiger partial charge in [-0.15, -0.1) is 0 Å². The number of rotatable bonds is 3. The van der Waals surface area contributed by atoms with Crippen molar-refractivity contribution in [2.75, 3.05) is 0 Å². The number of halogens is 2. The average Bonchev–Trinajstić information content (AvgIpc) is 2.34. The highest BCUT2D eigenvalue weighted by Gasteiger charge is 2.10. The van der Waals surface area contributed by atoms with Crippen molar-refractivity contribution in [1.29, 1.82) is 0 Å². The highest BCUT2D eigenvalue weighted by molar-refractivity contribution is 9.10. The van der Waals surface area contributed by atoms with E-state index in [0.29, 0.717) is 5.56 Å². The molecule has 0 atom stereocenters. The lowest BCUT2D eigenvalue weighted by molar-refractivity contribution is 0.0970. The Morgan fingerprint density at radius 1 is 1.11 bits per heavy atom.